The van der Waals surface area contributed by atoms with Gasteiger partial charge in [0.05, 0.1) is 12.0 Å². The average Bonchev–Trinajstić information content (AvgIpc) is 3.27. The highest BCUT2D eigenvalue weighted by atomic mass is 35.5. The molecule has 2 aromatic carbocycles. The van der Waals surface area contributed by atoms with Gasteiger partial charge >= 0.3 is 0 Å². The summed E-state index contributed by atoms with van der Waals surface area (Å²) in [6.07, 6.45) is 5.78. The van der Waals surface area contributed by atoms with Gasteiger partial charge in [-0.25, -0.2) is 0 Å². The largest absolute Gasteiger partial charge is 0.338 e. The normalized spacial score (nSPS) is 18.8. The number of nitrogens with zero attached hydrogens (tertiary/aromatic N) is 3. The first kappa shape index (κ1) is 22.6. The third-order valence-corrected chi connectivity index (χ3v) is 7.85. The molecule has 3 aromatic rings. The molecule has 2 heterocycles. The topological polar surface area (TPSA) is 54.2 Å². The molecule has 0 bridgehead atoms. The van der Waals surface area contributed by atoms with Crippen LogP contribution in [0, 0.1) is 6.92 Å². The molecule has 1 saturated heterocycles. The predicted molar refractivity (Wildman–Crippen MR) is 132 cm³/mol. The third-order valence-electron chi connectivity index (χ3n) is 7.60. The number of halogens is 1. The van der Waals surface area contributed by atoms with Crippen LogP contribution < -0.4 is 5.32 Å². The van der Waals surface area contributed by atoms with Crippen molar-refractivity contribution >= 4 is 11.6 Å². The van der Waals surface area contributed by atoms with Gasteiger partial charge in [-0.15, -0.1) is 0 Å². The fourth-order valence-electron chi connectivity index (χ4n) is 5.41. The van der Waals surface area contributed by atoms with E-state index in [1.807, 2.05) is 12.1 Å². The molecule has 2 aliphatic rings. The SMILES string of the molecule is Cc1ccccc1C1CCN(CCNCc2nc(C3(c4ccc(Cl)cc4)CCC3)no2)CC1. The van der Waals surface area contributed by atoms with Gasteiger partial charge in [0.1, 0.15) is 0 Å². The van der Waals surface area contributed by atoms with Crippen molar-refractivity contribution in [3.63, 3.8) is 0 Å². The lowest BCUT2D eigenvalue weighted by atomic mass is 9.64. The average molecular weight is 465 g/mol. The number of rotatable bonds is 8. The lowest BCUT2D eigenvalue weighted by Crippen LogP contribution is -2.38. The van der Waals surface area contributed by atoms with Crippen LogP contribution in [0.3, 0.4) is 0 Å². The van der Waals surface area contributed by atoms with Gasteiger partial charge in [0, 0.05) is 18.1 Å². The van der Waals surface area contributed by atoms with Crippen LogP contribution in [0.4, 0.5) is 0 Å². The van der Waals surface area contributed by atoms with Crippen molar-refractivity contribution in [2.45, 2.75) is 56.9 Å². The van der Waals surface area contributed by atoms with Crippen LogP contribution >= 0.6 is 11.6 Å². The second-order valence-corrected chi connectivity index (χ2v) is 10.0. The van der Waals surface area contributed by atoms with Crippen LogP contribution in [0.5, 0.6) is 0 Å². The van der Waals surface area contributed by atoms with Crippen LogP contribution in [0.25, 0.3) is 0 Å². The molecule has 1 aliphatic heterocycles. The summed E-state index contributed by atoms with van der Waals surface area (Å²) in [5, 5.41) is 8.60. The van der Waals surface area contributed by atoms with E-state index in [4.69, 9.17) is 21.1 Å². The minimum Gasteiger partial charge on any atom is -0.338 e. The van der Waals surface area contributed by atoms with Crippen LogP contribution in [0.15, 0.2) is 53.1 Å². The molecule has 1 aliphatic carbocycles. The van der Waals surface area contributed by atoms with Crippen LogP contribution in [-0.4, -0.2) is 41.2 Å². The molecule has 6 heteroatoms. The molecule has 1 aromatic heterocycles. The summed E-state index contributed by atoms with van der Waals surface area (Å²) in [6.45, 7) is 7.15. The number of hydrogen-bond donors (Lipinski definition) is 1. The van der Waals surface area contributed by atoms with Gasteiger partial charge in [-0.2, -0.15) is 4.98 Å². The van der Waals surface area contributed by atoms with E-state index in [1.165, 1.54) is 36.0 Å². The van der Waals surface area contributed by atoms with E-state index < -0.39 is 0 Å². The highest BCUT2D eigenvalue weighted by Gasteiger charge is 2.44. The van der Waals surface area contributed by atoms with Crippen LogP contribution in [0.2, 0.25) is 5.02 Å². The summed E-state index contributed by atoms with van der Waals surface area (Å²) in [4.78, 5) is 7.31. The first-order chi connectivity index (χ1) is 16.1. The van der Waals surface area contributed by atoms with Gasteiger partial charge in [-0.1, -0.05) is 59.6 Å². The Morgan fingerprint density at radius 2 is 1.85 bits per heavy atom. The minimum absolute atomic E-state index is 0.117. The molecule has 0 unspecified atom stereocenters. The number of likely N-dealkylation sites (tertiary alicyclic amines) is 1. The second kappa shape index (κ2) is 9.96. The maximum atomic E-state index is 6.08. The van der Waals surface area contributed by atoms with E-state index in [-0.39, 0.29) is 5.41 Å². The van der Waals surface area contributed by atoms with E-state index in [1.54, 1.807) is 0 Å². The van der Waals surface area contributed by atoms with Gasteiger partial charge < -0.3 is 14.7 Å². The molecule has 0 radical (unpaired) electrons. The van der Waals surface area contributed by atoms with E-state index >= 15 is 0 Å². The fraction of sp³-hybridized carbons (Fsp3) is 0.481. The summed E-state index contributed by atoms with van der Waals surface area (Å²) in [5.41, 5.74) is 4.07. The van der Waals surface area contributed by atoms with Crippen molar-refractivity contribution in [3.8, 4) is 0 Å². The smallest absolute Gasteiger partial charge is 0.240 e. The fourth-order valence-corrected chi connectivity index (χ4v) is 5.53. The molecule has 5 rings (SSSR count). The molecule has 2 fully saturated rings. The van der Waals surface area contributed by atoms with E-state index in [9.17, 15) is 0 Å². The Balaban J connectivity index is 1.08. The van der Waals surface area contributed by atoms with E-state index in [0.29, 0.717) is 18.4 Å². The van der Waals surface area contributed by atoms with Crippen LogP contribution in [-0.2, 0) is 12.0 Å². The van der Waals surface area contributed by atoms with Crippen molar-refractivity contribution in [2.75, 3.05) is 26.2 Å². The number of benzene rings is 2. The van der Waals surface area contributed by atoms with Crippen molar-refractivity contribution < 1.29 is 4.52 Å². The number of aromatic nitrogens is 2. The molecule has 5 nitrogen and oxygen atoms in total. The predicted octanol–water partition coefficient (Wildman–Crippen LogP) is 5.47. The Hall–Kier alpha value is -2.21. The molecule has 33 heavy (non-hydrogen) atoms. The van der Waals surface area contributed by atoms with Gasteiger partial charge in [0.2, 0.25) is 5.89 Å². The molecule has 0 amide bonds. The molecular weight excluding hydrogens is 432 g/mol. The third kappa shape index (κ3) is 4.86. The quantitative estimate of drug-likeness (QED) is 0.448. The highest BCUT2D eigenvalue weighted by Crippen LogP contribution is 2.47. The molecular formula is C27H33ClN4O. The zero-order valence-corrected chi connectivity index (χ0v) is 20.2. The lowest BCUT2D eigenvalue weighted by molar-refractivity contribution is 0.211. The molecule has 1 N–H and O–H groups in total. The summed E-state index contributed by atoms with van der Waals surface area (Å²) < 4.78 is 5.59. The summed E-state index contributed by atoms with van der Waals surface area (Å²) in [6, 6.07) is 16.9. The number of aryl methyl sites for hydroxylation is 1. The van der Waals surface area contributed by atoms with Gasteiger partial charge in [0.25, 0.3) is 0 Å². The Kier molecular flexibility index (Phi) is 6.81. The number of nitrogens with one attached hydrogen (secondary N) is 1. The van der Waals surface area contributed by atoms with Gasteiger partial charge in [-0.3, -0.25) is 0 Å². The van der Waals surface area contributed by atoms with Crippen molar-refractivity contribution in [1.82, 2.24) is 20.4 Å². The molecule has 0 atom stereocenters. The van der Waals surface area contributed by atoms with E-state index in [2.05, 4.69) is 58.7 Å². The Labute approximate surface area is 201 Å². The highest BCUT2D eigenvalue weighted by molar-refractivity contribution is 6.30. The number of hydrogen-bond acceptors (Lipinski definition) is 5. The lowest BCUT2D eigenvalue weighted by Gasteiger charge is -2.39. The maximum Gasteiger partial charge on any atom is 0.240 e. The Bertz CT molecular complexity index is 1050. The summed E-state index contributed by atoms with van der Waals surface area (Å²) in [7, 11) is 0. The zero-order valence-electron chi connectivity index (χ0n) is 19.4. The molecule has 0 spiro atoms. The van der Waals surface area contributed by atoms with Crippen LogP contribution in [0.1, 0.15) is 66.4 Å². The van der Waals surface area contributed by atoms with Crippen molar-refractivity contribution in [2.24, 2.45) is 0 Å². The first-order valence-electron chi connectivity index (χ1n) is 12.2. The minimum atomic E-state index is -0.117. The summed E-state index contributed by atoms with van der Waals surface area (Å²) in [5.74, 6) is 2.18. The Morgan fingerprint density at radius 1 is 1.09 bits per heavy atom. The number of piperidine rings is 1. The standard InChI is InChI=1S/C27H33ClN4O/c1-20-5-2-3-6-24(20)21-11-16-32(17-12-21)18-15-29-19-25-30-26(31-33-25)27(13-4-14-27)22-7-9-23(28)10-8-22/h2-3,5-10,21,29H,4,11-19H2,1H3. The molecule has 174 valence electrons. The van der Waals surface area contributed by atoms with E-state index in [0.717, 1.165) is 49.9 Å². The maximum absolute atomic E-state index is 6.08. The van der Waals surface area contributed by atoms with Crippen molar-refractivity contribution in [1.29, 1.82) is 0 Å². The Morgan fingerprint density at radius 3 is 2.55 bits per heavy atom. The first-order valence-corrected chi connectivity index (χ1v) is 12.6. The van der Waals surface area contributed by atoms with Crippen molar-refractivity contribution in [3.05, 3.63) is 82.0 Å². The van der Waals surface area contributed by atoms with Gasteiger partial charge in [-0.05, 0) is 80.4 Å². The monoisotopic (exact) mass is 464 g/mol. The van der Waals surface area contributed by atoms with Gasteiger partial charge in [0.15, 0.2) is 5.82 Å². The zero-order chi connectivity index (χ0) is 22.7. The summed E-state index contributed by atoms with van der Waals surface area (Å²) >= 11 is 6.08. The second-order valence-electron chi connectivity index (χ2n) is 9.60. The molecule has 1 saturated carbocycles.